The number of halogens is 1. The van der Waals surface area contributed by atoms with Crippen molar-refractivity contribution in [3.8, 4) is 11.6 Å². The van der Waals surface area contributed by atoms with Crippen molar-refractivity contribution in [3.05, 3.63) is 65.3 Å². The molecular weight excluding hydrogens is 422 g/mol. The molecule has 32 heavy (non-hydrogen) atoms. The van der Waals surface area contributed by atoms with E-state index in [0.717, 1.165) is 66.5 Å². The lowest BCUT2D eigenvalue weighted by atomic mass is 9.87. The molecule has 1 N–H and O–H groups in total. The Morgan fingerprint density at radius 1 is 1.00 bits per heavy atom. The van der Waals surface area contributed by atoms with Gasteiger partial charge in [0.2, 0.25) is 5.88 Å². The summed E-state index contributed by atoms with van der Waals surface area (Å²) >= 11 is 6.63. The van der Waals surface area contributed by atoms with Crippen LogP contribution in [0.2, 0.25) is 5.02 Å². The third-order valence-corrected chi connectivity index (χ3v) is 6.64. The molecule has 1 aliphatic rings. The van der Waals surface area contributed by atoms with E-state index in [1.807, 2.05) is 48.5 Å². The summed E-state index contributed by atoms with van der Waals surface area (Å²) in [4.78, 5) is 4.42. The van der Waals surface area contributed by atoms with Crippen LogP contribution in [0, 0.1) is 5.92 Å². The molecule has 1 aliphatic carbocycles. The monoisotopic (exact) mass is 453 g/mol. The van der Waals surface area contributed by atoms with Crippen molar-refractivity contribution in [1.82, 2.24) is 4.98 Å². The van der Waals surface area contributed by atoms with Crippen molar-refractivity contribution in [2.75, 3.05) is 6.61 Å². The van der Waals surface area contributed by atoms with Gasteiger partial charge in [-0.15, -0.1) is 0 Å². The van der Waals surface area contributed by atoms with Crippen LogP contribution in [0.3, 0.4) is 0 Å². The average Bonchev–Trinajstić information content (AvgIpc) is 2.80. The topological polar surface area (TPSA) is 51.6 Å². The highest BCUT2D eigenvalue weighted by molar-refractivity contribution is 6.33. The molecule has 4 nitrogen and oxygen atoms in total. The predicted molar refractivity (Wildman–Crippen MR) is 129 cm³/mol. The zero-order valence-corrected chi connectivity index (χ0v) is 19.3. The van der Waals surface area contributed by atoms with Crippen LogP contribution in [0.5, 0.6) is 11.6 Å². The maximum absolute atomic E-state index is 9.09. The maximum Gasteiger partial charge on any atom is 0.221 e. The Bertz CT molecular complexity index is 985. The number of aliphatic hydroxyl groups is 1. The van der Waals surface area contributed by atoms with E-state index in [4.69, 9.17) is 26.2 Å². The van der Waals surface area contributed by atoms with Crippen LogP contribution in [-0.4, -0.2) is 22.8 Å². The Morgan fingerprint density at radius 2 is 1.78 bits per heavy atom. The number of rotatable bonds is 8. The zero-order chi connectivity index (χ0) is 22.2. The van der Waals surface area contributed by atoms with E-state index in [2.05, 4.69) is 4.98 Å². The summed E-state index contributed by atoms with van der Waals surface area (Å²) in [6, 6.07) is 16.0. The lowest BCUT2D eigenvalue weighted by molar-refractivity contribution is 0.154. The largest absolute Gasteiger partial charge is 0.489 e. The normalized spacial score (nSPS) is 19.3. The fourth-order valence-electron chi connectivity index (χ4n) is 4.60. The van der Waals surface area contributed by atoms with Gasteiger partial charge in [-0.25, -0.2) is 4.98 Å². The van der Waals surface area contributed by atoms with Crippen LogP contribution in [0.15, 0.2) is 54.7 Å². The van der Waals surface area contributed by atoms with E-state index in [1.165, 1.54) is 12.8 Å². The molecule has 4 rings (SSSR count). The standard InChI is InChI=1S/C27H32ClNO3/c28-25-18-24-22(14-15-29-27(24)31-19-21-7-2-1-3-8-21)17-26(25)32-23-12-4-9-20(10-5-13-23)11-6-16-30/h1-3,7-8,14-15,17-18,20,23,30H,4-6,9-13,16,19H2. The van der Waals surface area contributed by atoms with Gasteiger partial charge >= 0.3 is 0 Å². The first-order valence-corrected chi connectivity index (χ1v) is 12.1. The summed E-state index contributed by atoms with van der Waals surface area (Å²) in [6.45, 7) is 0.765. The predicted octanol–water partition coefficient (Wildman–Crippen LogP) is 6.96. The average molecular weight is 454 g/mol. The highest BCUT2D eigenvalue weighted by Crippen LogP contribution is 2.36. The first kappa shape index (κ1) is 22.9. The molecular formula is C27H32ClNO3. The smallest absolute Gasteiger partial charge is 0.221 e. The molecule has 0 radical (unpaired) electrons. The molecule has 1 saturated carbocycles. The van der Waals surface area contributed by atoms with Gasteiger partial charge in [0, 0.05) is 18.2 Å². The van der Waals surface area contributed by atoms with Crippen molar-refractivity contribution in [2.24, 2.45) is 5.92 Å². The van der Waals surface area contributed by atoms with Gasteiger partial charge in [-0.3, -0.25) is 0 Å². The molecule has 0 amide bonds. The van der Waals surface area contributed by atoms with Crippen LogP contribution in [-0.2, 0) is 6.61 Å². The molecule has 0 spiro atoms. The highest BCUT2D eigenvalue weighted by atomic mass is 35.5. The summed E-state index contributed by atoms with van der Waals surface area (Å²) in [5.74, 6) is 2.07. The Labute approximate surface area is 195 Å². The number of benzene rings is 2. The van der Waals surface area contributed by atoms with Gasteiger partial charge in [-0.1, -0.05) is 54.8 Å². The van der Waals surface area contributed by atoms with Crippen LogP contribution in [0.4, 0.5) is 0 Å². The molecule has 0 unspecified atom stereocenters. The van der Waals surface area contributed by atoms with Crippen molar-refractivity contribution < 1.29 is 14.6 Å². The van der Waals surface area contributed by atoms with E-state index in [9.17, 15) is 0 Å². The highest BCUT2D eigenvalue weighted by Gasteiger charge is 2.19. The molecule has 0 saturated heterocycles. The summed E-state index contributed by atoms with van der Waals surface area (Å²) in [5.41, 5.74) is 1.10. The van der Waals surface area contributed by atoms with Crippen LogP contribution < -0.4 is 9.47 Å². The Kier molecular flexibility index (Phi) is 8.24. The molecule has 3 aromatic rings. The third kappa shape index (κ3) is 6.14. The summed E-state index contributed by atoms with van der Waals surface area (Å²) in [7, 11) is 0. The quantitative estimate of drug-likeness (QED) is 0.400. The molecule has 2 aromatic carbocycles. The van der Waals surface area contributed by atoms with Gasteiger partial charge in [0.25, 0.3) is 0 Å². The SMILES string of the molecule is OCCCC1CCCC(Oc2cc3ccnc(OCc4ccccc4)c3cc2Cl)CCC1. The van der Waals surface area contributed by atoms with Crippen LogP contribution >= 0.6 is 11.6 Å². The third-order valence-electron chi connectivity index (χ3n) is 6.34. The van der Waals surface area contributed by atoms with Crippen molar-refractivity contribution >= 4 is 22.4 Å². The van der Waals surface area contributed by atoms with E-state index in [-0.39, 0.29) is 6.10 Å². The van der Waals surface area contributed by atoms with Gasteiger partial charge in [0.05, 0.1) is 11.1 Å². The van der Waals surface area contributed by atoms with E-state index < -0.39 is 0 Å². The number of hydrogen-bond acceptors (Lipinski definition) is 4. The molecule has 170 valence electrons. The van der Waals surface area contributed by atoms with Crippen molar-refractivity contribution in [1.29, 1.82) is 0 Å². The fraction of sp³-hybridized carbons (Fsp3) is 0.444. The van der Waals surface area contributed by atoms with E-state index >= 15 is 0 Å². The first-order chi connectivity index (χ1) is 15.7. The summed E-state index contributed by atoms with van der Waals surface area (Å²) in [6.07, 6.45) is 10.9. The van der Waals surface area contributed by atoms with Gasteiger partial charge in [0.1, 0.15) is 12.4 Å². The molecule has 0 bridgehead atoms. The molecule has 1 fully saturated rings. The van der Waals surface area contributed by atoms with Gasteiger partial charge in [0.15, 0.2) is 0 Å². The molecule has 0 aliphatic heterocycles. The number of pyridine rings is 1. The maximum atomic E-state index is 9.09. The zero-order valence-electron chi connectivity index (χ0n) is 18.5. The molecule has 5 heteroatoms. The second-order valence-corrected chi connectivity index (χ2v) is 9.13. The fourth-order valence-corrected chi connectivity index (χ4v) is 4.81. The number of aliphatic hydroxyl groups excluding tert-OH is 1. The van der Waals surface area contributed by atoms with Gasteiger partial charge in [-0.2, -0.15) is 0 Å². The van der Waals surface area contributed by atoms with Crippen molar-refractivity contribution in [2.45, 2.75) is 64.1 Å². The van der Waals surface area contributed by atoms with Crippen LogP contribution in [0.25, 0.3) is 10.8 Å². The lowest BCUT2D eigenvalue weighted by Crippen LogP contribution is -2.20. The second kappa shape index (κ2) is 11.5. The van der Waals surface area contributed by atoms with Crippen molar-refractivity contribution in [3.63, 3.8) is 0 Å². The Balaban J connectivity index is 1.42. The second-order valence-electron chi connectivity index (χ2n) is 8.73. The van der Waals surface area contributed by atoms with E-state index in [1.54, 1.807) is 6.20 Å². The number of ether oxygens (including phenoxy) is 2. The first-order valence-electron chi connectivity index (χ1n) is 11.8. The number of fused-ring (bicyclic) bond motifs is 1. The van der Waals surface area contributed by atoms with Gasteiger partial charge in [-0.05, 0) is 73.6 Å². The van der Waals surface area contributed by atoms with Crippen LogP contribution in [0.1, 0.15) is 56.9 Å². The molecule has 0 atom stereocenters. The van der Waals surface area contributed by atoms with E-state index in [0.29, 0.717) is 24.1 Å². The molecule has 1 aromatic heterocycles. The van der Waals surface area contributed by atoms with Gasteiger partial charge < -0.3 is 14.6 Å². The molecule has 1 heterocycles. The number of nitrogens with zero attached hydrogens (tertiary/aromatic N) is 1. The Hall–Kier alpha value is -2.30. The number of hydrogen-bond donors (Lipinski definition) is 1. The summed E-state index contributed by atoms with van der Waals surface area (Å²) in [5, 5.41) is 11.6. The minimum Gasteiger partial charge on any atom is -0.489 e. The minimum absolute atomic E-state index is 0.194. The lowest BCUT2D eigenvalue weighted by Gasteiger charge is -2.26. The minimum atomic E-state index is 0.194. The number of aromatic nitrogens is 1. The summed E-state index contributed by atoms with van der Waals surface area (Å²) < 4.78 is 12.4. The Morgan fingerprint density at radius 3 is 2.53 bits per heavy atom.